The maximum atomic E-state index is 12.9. The smallest absolute Gasteiger partial charge is 0.261 e. The summed E-state index contributed by atoms with van der Waals surface area (Å²) < 4.78 is 1.74. The Morgan fingerprint density at radius 1 is 1.03 bits per heavy atom. The van der Waals surface area contributed by atoms with Gasteiger partial charge in [-0.05, 0) is 43.2 Å². The Morgan fingerprint density at radius 3 is 2.72 bits per heavy atom. The number of nitrogens with one attached hydrogen (secondary N) is 2. The van der Waals surface area contributed by atoms with E-state index in [0.717, 1.165) is 31.5 Å². The monoisotopic (exact) mass is 391 g/mol. The molecule has 1 aromatic carbocycles. The molecule has 2 amide bonds. The third-order valence-electron chi connectivity index (χ3n) is 4.85. The van der Waals surface area contributed by atoms with E-state index in [1.807, 2.05) is 0 Å². The maximum absolute atomic E-state index is 12.9. The molecule has 8 nitrogen and oxygen atoms in total. The number of nitrogens with zero attached hydrogens (tertiary/aromatic N) is 3. The van der Waals surface area contributed by atoms with Crippen molar-refractivity contribution < 1.29 is 9.59 Å². The Hall–Kier alpha value is -3.55. The quantitative estimate of drug-likeness (QED) is 0.665. The minimum absolute atomic E-state index is 0.0871. The van der Waals surface area contributed by atoms with Crippen LogP contribution in [0.2, 0.25) is 0 Å². The summed E-state index contributed by atoms with van der Waals surface area (Å²) in [6.45, 7) is 0.668. The van der Waals surface area contributed by atoms with Crippen LogP contribution >= 0.6 is 0 Å². The molecule has 0 fully saturated rings. The second-order valence-corrected chi connectivity index (χ2v) is 7.02. The number of fused-ring (bicyclic) bond motifs is 2. The first-order valence-corrected chi connectivity index (χ1v) is 9.64. The van der Waals surface area contributed by atoms with Crippen LogP contribution in [0.25, 0.3) is 10.9 Å². The molecule has 0 aliphatic carbocycles. The van der Waals surface area contributed by atoms with Crippen molar-refractivity contribution in [2.24, 2.45) is 0 Å². The van der Waals surface area contributed by atoms with Gasteiger partial charge in [-0.2, -0.15) is 0 Å². The number of hydrogen-bond donors (Lipinski definition) is 2. The van der Waals surface area contributed by atoms with Crippen molar-refractivity contribution in [3.63, 3.8) is 0 Å². The lowest BCUT2D eigenvalue weighted by Gasteiger charge is -2.11. The van der Waals surface area contributed by atoms with Crippen LogP contribution in [0.1, 0.15) is 31.5 Å². The molecule has 0 saturated carbocycles. The molecule has 0 spiro atoms. The lowest BCUT2D eigenvalue weighted by Crippen LogP contribution is -2.25. The zero-order chi connectivity index (χ0) is 20.2. The Kier molecular flexibility index (Phi) is 5.33. The van der Waals surface area contributed by atoms with Crippen molar-refractivity contribution in [3.8, 4) is 0 Å². The molecule has 2 N–H and O–H groups in total. The predicted molar refractivity (Wildman–Crippen MR) is 110 cm³/mol. The van der Waals surface area contributed by atoms with Crippen LogP contribution in [0.15, 0.2) is 47.4 Å². The van der Waals surface area contributed by atoms with Gasteiger partial charge >= 0.3 is 0 Å². The highest BCUT2D eigenvalue weighted by Crippen LogP contribution is 2.18. The van der Waals surface area contributed by atoms with Gasteiger partial charge in [0.25, 0.3) is 5.56 Å². The van der Waals surface area contributed by atoms with Gasteiger partial charge in [0.2, 0.25) is 11.8 Å². The minimum atomic E-state index is -0.472. The molecule has 29 heavy (non-hydrogen) atoms. The molecule has 1 aliphatic rings. The third-order valence-corrected chi connectivity index (χ3v) is 4.85. The average molecular weight is 391 g/mol. The summed E-state index contributed by atoms with van der Waals surface area (Å²) in [5.41, 5.74) is 0.992. The average Bonchev–Trinajstić information content (AvgIpc) is 2.95. The van der Waals surface area contributed by atoms with Gasteiger partial charge in [-0.25, -0.2) is 9.97 Å². The number of carbonyl (C=O) groups excluding carboxylic acids is 2. The molecule has 2 aromatic heterocycles. The van der Waals surface area contributed by atoms with Crippen LogP contribution in [0.3, 0.4) is 0 Å². The van der Waals surface area contributed by atoms with Gasteiger partial charge in [0.15, 0.2) is 0 Å². The summed E-state index contributed by atoms with van der Waals surface area (Å²) in [6.07, 6.45) is 5.08. The fourth-order valence-corrected chi connectivity index (χ4v) is 3.47. The first kappa shape index (κ1) is 18.8. The van der Waals surface area contributed by atoms with Gasteiger partial charge in [-0.1, -0.05) is 12.5 Å². The van der Waals surface area contributed by atoms with Crippen molar-refractivity contribution in [1.29, 1.82) is 0 Å². The van der Waals surface area contributed by atoms with Crippen molar-refractivity contribution in [2.75, 3.05) is 10.6 Å². The van der Waals surface area contributed by atoms with Crippen molar-refractivity contribution in [2.45, 2.75) is 38.6 Å². The Morgan fingerprint density at radius 2 is 1.90 bits per heavy atom. The molecule has 0 saturated heterocycles. The highest BCUT2D eigenvalue weighted by molar-refractivity contribution is 6.08. The van der Waals surface area contributed by atoms with Crippen molar-refractivity contribution in [3.05, 3.63) is 58.8 Å². The Labute approximate surface area is 167 Å². The van der Waals surface area contributed by atoms with Crippen LogP contribution in [0.5, 0.6) is 0 Å². The summed E-state index contributed by atoms with van der Waals surface area (Å²) in [5.74, 6) is 0.272. The predicted octanol–water partition coefficient (Wildman–Crippen LogP) is 2.49. The fraction of sp³-hybridized carbons (Fsp3) is 0.286. The summed E-state index contributed by atoms with van der Waals surface area (Å²) >= 11 is 0. The van der Waals surface area contributed by atoms with Crippen molar-refractivity contribution in [1.82, 2.24) is 14.5 Å². The highest BCUT2D eigenvalue weighted by atomic mass is 16.2. The molecule has 8 heteroatoms. The molecular weight excluding hydrogens is 370 g/mol. The van der Waals surface area contributed by atoms with E-state index in [-0.39, 0.29) is 12.0 Å². The number of anilines is 2. The zero-order valence-corrected chi connectivity index (χ0v) is 15.9. The molecule has 0 radical (unpaired) electrons. The summed E-state index contributed by atoms with van der Waals surface area (Å²) in [5, 5.41) is 5.70. The SMILES string of the molecule is O=C(CC(=O)Nc1ccccn1)Nc1ccc2nc3n(c(=O)c2c1)CCCCC3. The number of rotatable bonds is 4. The standard InChI is InChI=1S/C21H21N5O3/c27-19(13-20(28)25-17-6-3-4-10-22-17)23-14-8-9-16-15(12-14)21(29)26-11-5-1-2-7-18(26)24-16/h3-4,6,8-10,12H,1-2,5,7,11,13H2,(H,23,27)(H,22,25,28). The van der Waals surface area contributed by atoms with Gasteiger partial charge in [0, 0.05) is 24.8 Å². The molecule has 0 bridgehead atoms. The summed E-state index contributed by atoms with van der Waals surface area (Å²) in [6, 6.07) is 10.2. The van der Waals surface area contributed by atoms with E-state index in [9.17, 15) is 14.4 Å². The number of carbonyl (C=O) groups is 2. The van der Waals surface area contributed by atoms with Crippen LogP contribution in [0, 0.1) is 0 Å². The first-order chi connectivity index (χ1) is 14.1. The summed E-state index contributed by atoms with van der Waals surface area (Å²) in [4.78, 5) is 45.7. The van der Waals surface area contributed by atoms with Crippen LogP contribution in [-0.4, -0.2) is 26.3 Å². The molecule has 148 valence electrons. The van der Waals surface area contributed by atoms with Gasteiger partial charge in [0.05, 0.1) is 10.9 Å². The molecule has 0 unspecified atom stereocenters. The Balaban J connectivity index is 1.49. The van der Waals surface area contributed by atoms with Crippen LogP contribution in [-0.2, 0) is 22.6 Å². The van der Waals surface area contributed by atoms with Crippen LogP contribution in [0.4, 0.5) is 11.5 Å². The number of pyridine rings is 1. The normalized spacial score (nSPS) is 13.4. The lowest BCUT2D eigenvalue weighted by molar-refractivity contribution is -0.123. The van der Waals surface area contributed by atoms with Gasteiger partial charge in [-0.3, -0.25) is 19.0 Å². The zero-order valence-electron chi connectivity index (χ0n) is 15.9. The molecule has 3 aromatic rings. The second kappa shape index (κ2) is 8.22. The highest BCUT2D eigenvalue weighted by Gasteiger charge is 2.15. The number of hydrogen-bond acceptors (Lipinski definition) is 5. The van der Waals surface area contributed by atoms with E-state index in [1.165, 1.54) is 0 Å². The topological polar surface area (TPSA) is 106 Å². The molecular formula is C21H21N5O3. The number of aromatic nitrogens is 3. The van der Waals surface area contributed by atoms with Crippen LogP contribution < -0.4 is 16.2 Å². The fourth-order valence-electron chi connectivity index (χ4n) is 3.47. The van der Waals surface area contributed by atoms with Crippen molar-refractivity contribution >= 4 is 34.2 Å². The van der Waals surface area contributed by atoms with Gasteiger partial charge in [0.1, 0.15) is 18.1 Å². The third kappa shape index (κ3) is 4.31. The number of amides is 2. The molecule has 3 heterocycles. The first-order valence-electron chi connectivity index (χ1n) is 9.64. The van der Waals surface area contributed by atoms with E-state index < -0.39 is 11.8 Å². The second-order valence-electron chi connectivity index (χ2n) is 7.02. The maximum Gasteiger partial charge on any atom is 0.261 e. The van der Waals surface area contributed by atoms with E-state index in [4.69, 9.17) is 0 Å². The van der Waals surface area contributed by atoms with Gasteiger partial charge < -0.3 is 10.6 Å². The molecule has 1 aliphatic heterocycles. The lowest BCUT2D eigenvalue weighted by atomic mass is 10.2. The van der Waals surface area contributed by atoms with Gasteiger partial charge in [-0.15, -0.1) is 0 Å². The van der Waals surface area contributed by atoms with E-state index >= 15 is 0 Å². The minimum Gasteiger partial charge on any atom is -0.326 e. The number of benzene rings is 1. The van der Waals surface area contributed by atoms with E-state index in [2.05, 4.69) is 20.6 Å². The Bertz CT molecular complexity index is 1120. The number of aryl methyl sites for hydroxylation is 1. The largest absolute Gasteiger partial charge is 0.326 e. The molecule has 0 atom stereocenters. The molecule has 4 rings (SSSR count). The summed E-state index contributed by atoms with van der Waals surface area (Å²) in [7, 11) is 0. The van der Waals surface area contributed by atoms with E-state index in [1.54, 1.807) is 47.2 Å². The van der Waals surface area contributed by atoms with E-state index in [0.29, 0.717) is 29.0 Å².